The van der Waals surface area contributed by atoms with E-state index in [4.69, 9.17) is 9.47 Å². The number of benzene rings is 2. The summed E-state index contributed by atoms with van der Waals surface area (Å²) in [5.41, 5.74) is 5.22. The smallest absolute Gasteiger partial charge is 0.126 e. The van der Waals surface area contributed by atoms with Crippen LogP contribution in [0.2, 0.25) is 0 Å². The maximum absolute atomic E-state index is 5.60. The Bertz CT molecular complexity index is 653. The Labute approximate surface area is 139 Å². The van der Waals surface area contributed by atoms with E-state index in [9.17, 15) is 0 Å². The minimum Gasteiger partial charge on any atom is -0.497 e. The van der Waals surface area contributed by atoms with Crippen LogP contribution in [0.4, 0.5) is 0 Å². The van der Waals surface area contributed by atoms with Crippen molar-refractivity contribution in [3.05, 3.63) is 70.8 Å². The minimum atomic E-state index is 0.853. The molecule has 0 radical (unpaired) electrons. The van der Waals surface area contributed by atoms with Crippen molar-refractivity contribution in [3.8, 4) is 11.5 Å². The molecule has 2 heteroatoms. The monoisotopic (exact) mass is 310 g/mol. The highest BCUT2D eigenvalue weighted by atomic mass is 16.5. The number of hydrogen-bond donors (Lipinski definition) is 0. The number of hydrogen-bond acceptors (Lipinski definition) is 2. The molecule has 0 saturated heterocycles. The van der Waals surface area contributed by atoms with E-state index in [1.165, 1.54) is 22.3 Å². The van der Waals surface area contributed by atoms with Gasteiger partial charge in [-0.05, 0) is 50.3 Å². The van der Waals surface area contributed by atoms with Gasteiger partial charge in [0, 0.05) is 11.6 Å². The number of ether oxygens (including phenoxy) is 2. The van der Waals surface area contributed by atoms with Gasteiger partial charge in [-0.15, -0.1) is 0 Å². The van der Waals surface area contributed by atoms with Crippen LogP contribution in [-0.4, -0.2) is 14.2 Å². The molecule has 0 N–H and O–H groups in total. The van der Waals surface area contributed by atoms with Crippen LogP contribution in [0.3, 0.4) is 0 Å². The molecule has 0 spiro atoms. The van der Waals surface area contributed by atoms with E-state index in [2.05, 4.69) is 56.3 Å². The van der Waals surface area contributed by atoms with Gasteiger partial charge in [-0.2, -0.15) is 0 Å². The minimum absolute atomic E-state index is 0.853. The summed E-state index contributed by atoms with van der Waals surface area (Å²) in [5, 5.41) is 0. The van der Waals surface area contributed by atoms with Gasteiger partial charge in [0.15, 0.2) is 0 Å². The van der Waals surface area contributed by atoms with Crippen molar-refractivity contribution < 1.29 is 9.47 Å². The average molecular weight is 310 g/mol. The van der Waals surface area contributed by atoms with Crippen LogP contribution >= 0.6 is 0 Å². The fourth-order valence-electron chi connectivity index (χ4n) is 2.66. The predicted molar refractivity (Wildman–Crippen MR) is 96.5 cm³/mol. The summed E-state index contributed by atoms with van der Waals surface area (Å²) in [6.45, 7) is 4.25. The Morgan fingerprint density at radius 3 is 2.30 bits per heavy atom. The van der Waals surface area contributed by atoms with Gasteiger partial charge in [-0.25, -0.2) is 0 Å². The summed E-state index contributed by atoms with van der Waals surface area (Å²) in [6, 6.07) is 14.7. The number of methoxy groups -OCH3 is 2. The second kappa shape index (κ2) is 8.42. The summed E-state index contributed by atoms with van der Waals surface area (Å²) in [7, 11) is 3.42. The fraction of sp³-hybridized carbons (Fsp3) is 0.333. The molecule has 0 aliphatic heterocycles. The normalized spacial score (nSPS) is 10.3. The third-order valence-corrected chi connectivity index (χ3v) is 3.97. The first kappa shape index (κ1) is 17.1. The maximum atomic E-state index is 5.60. The first-order valence-electron chi connectivity index (χ1n) is 8.05. The van der Waals surface area contributed by atoms with Gasteiger partial charge in [0.1, 0.15) is 11.5 Å². The van der Waals surface area contributed by atoms with E-state index >= 15 is 0 Å². The van der Waals surface area contributed by atoms with Crippen LogP contribution in [0.1, 0.15) is 30.5 Å². The zero-order valence-electron chi connectivity index (χ0n) is 14.6. The van der Waals surface area contributed by atoms with Gasteiger partial charge >= 0.3 is 0 Å². The second-order valence-corrected chi connectivity index (χ2v) is 5.94. The van der Waals surface area contributed by atoms with Gasteiger partial charge in [0.25, 0.3) is 0 Å². The lowest BCUT2D eigenvalue weighted by Gasteiger charge is -2.15. The van der Waals surface area contributed by atoms with Crippen molar-refractivity contribution in [2.24, 2.45) is 0 Å². The molecule has 0 amide bonds. The standard InChI is InChI=1S/C21H26O2/c1-16(2)10-13-20-18(12-11-17-8-6-5-7-9-17)14-19(22-3)15-21(20)23-4/h5-10,14-15H,11-13H2,1-4H3. The molecule has 122 valence electrons. The molecule has 0 saturated carbocycles. The maximum Gasteiger partial charge on any atom is 0.126 e. The second-order valence-electron chi connectivity index (χ2n) is 5.94. The van der Waals surface area contributed by atoms with Crippen molar-refractivity contribution in [2.75, 3.05) is 14.2 Å². The molecule has 0 aliphatic carbocycles. The largest absolute Gasteiger partial charge is 0.497 e. The Morgan fingerprint density at radius 1 is 0.957 bits per heavy atom. The SMILES string of the molecule is COc1cc(CCc2ccccc2)c(CC=C(C)C)c(OC)c1. The molecular weight excluding hydrogens is 284 g/mol. The molecule has 0 aliphatic rings. The summed E-state index contributed by atoms with van der Waals surface area (Å²) in [6.07, 6.45) is 5.12. The topological polar surface area (TPSA) is 18.5 Å². The Balaban J connectivity index is 2.31. The molecule has 2 nitrogen and oxygen atoms in total. The Morgan fingerprint density at radius 2 is 1.70 bits per heavy atom. The van der Waals surface area contributed by atoms with Crippen molar-refractivity contribution in [1.82, 2.24) is 0 Å². The lowest BCUT2D eigenvalue weighted by Crippen LogP contribution is -2.01. The molecule has 0 bridgehead atoms. The number of allylic oxidation sites excluding steroid dienone is 2. The van der Waals surface area contributed by atoms with Crippen LogP contribution in [0.25, 0.3) is 0 Å². The van der Waals surface area contributed by atoms with Crippen LogP contribution in [0.5, 0.6) is 11.5 Å². The van der Waals surface area contributed by atoms with Crippen molar-refractivity contribution >= 4 is 0 Å². The lowest BCUT2D eigenvalue weighted by atomic mass is 9.96. The molecular formula is C21H26O2. The van der Waals surface area contributed by atoms with Crippen molar-refractivity contribution in [1.29, 1.82) is 0 Å². The molecule has 23 heavy (non-hydrogen) atoms. The van der Waals surface area contributed by atoms with Gasteiger partial charge in [0.2, 0.25) is 0 Å². The highest BCUT2D eigenvalue weighted by Gasteiger charge is 2.11. The highest BCUT2D eigenvalue weighted by molar-refractivity contribution is 5.48. The van der Waals surface area contributed by atoms with E-state index in [0.717, 1.165) is 30.8 Å². The van der Waals surface area contributed by atoms with E-state index in [1.54, 1.807) is 14.2 Å². The van der Waals surface area contributed by atoms with Gasteiger partial charge in [-0.1, -0.05) is 42.0 Å². The summed E-state index contributed by atoms with van der Waals surface area (Å²) < 4.78 is 11.0. The van der Waals surface area contributed by atoms with Crippen LogP contribution in [0, 0.1) is 0 Å². The molecule has 2 aromatic rings. The van der Waals surface area contributed by atoms with Crippen LogP contribution in [-0.2, 0) is 19.3 Å². The average Bonchev–Trinajstić information content (AvgIpc) is 2.58. The Hall–Kier alpha value is -2.22. The van der Waals surface area contributed by atoms with Crippen molar-refractivity contribution in [3.63, 3.8) is 0 Å². The molecule has 0 aromatic heterocycles. The number of rotatable bonds is 7. The Kier molecular flexibility index (Phi) is 6.28. The predicted octanol–water partition coefficient (Wildman–Crippen LogP) is 5.00. The number of aryl methyl sites for hydroxylation is 2. The van der Waals surface area contributed by atoms with Gasteiger partial charge in [0.05, 0.1) is 14.2 Å². The van der Waals surface area contributed by atoms with E-state index < -0.39 is 0 Å². The third-order valence-electron chi connectivity index (χ3n) is 3.97. The summed E-state index contributed by atoms with van der Waals surface area (Å²) >= 11 is 0. The van der Waals surface area contributed by atoms with Crippen molar-refractivity contribution in [2.45, 2.75) is 33.1 Å². The molecule has 2 rings (SSSR count). The first-order chi connectivity index (χ1) is 11.1. The highest BCUT2D eigenvalue weighted by Crippen LogP contribution is 2.30. The lowest BCUT2D eigenvalue weighted by molar-refractivity contribution is 0.390. The summed E-state index contributed by atoms with van der Waals surface area (Å²) in [5.74, 6) is 1.76. The van der Waals surface area contributed by atoms with Crippen LogP contribution < -0.4 is 9.47 Å². The molecule has 2 aromatic carbocycles. The molecule has 0 unspecified atom stereocenters. The fourth-order valence-corrected chi connectivity index (χ4v) is 2.66. The first-order valence-corrected chi connectivity index (χ1v) is 8.05. The zero-order valence-corrected chi connectivity index (χ0v) is 14.6. The zero-order chi connectivity index (χ0) is 16.7. The van der Waals surface area contributed by atoms with E-state index in [1.807, 2.05) is 6.07 Å². The molecule has 0 atom stereocenters. The van der Waals surface area contributed by atoms with Crippen LogP contribution in [0.15, 0.2) is 54.1 Å². The third kappa shape index (κ3) is 4.88. The van der Waals surface area contributed by atoms with E-state index in [0.29, 0.717) is 0 Å². The summed E-state index contributed by atoms with van der Waals surface area (Å²) in [4.78, 5) is 0. The molecule has 0 heterocycles. The van der Waals surface area contributed by atoms with Gasteiger partial charge in [-0.3, -0.25) is 0 Å². The van der Waals surface area contributed by atoms with E-state index in [-0.39, 0.29) is 0 Å². The molecule has 0 fully saturated rings. The quantitative estimate of drug-likeness (QED) is 0.670. The van der Waals surface area contributed by atoms with Gasteiger partial charge < -0.3 is 9.47 Å².